The largest absolute Gasteiger partial charge is 0.379 e. The van der Waals surface area contributed by atoms with Crippen LogP contribution in [0.3, 0.4) is 0 Å². The predicted octanol–water partition coefficient (Wildman–Crippen LogP) is 3.98. The first-order valence-electron chi connectivity index (χ1n) is 7.03. The summed E-state index contributed by atoms with van der Waals surface area (Å²) in [5.74, 6) is 0. The van der Waals surface area contributed by atoms with Crippen molar-refractivity contribution >= 4 is 16.6 Å². The predicted molar refractivity (Wildman–Crippen MR) is 83.9 cm³/mol. The molecule has 2 aromatic carbocycles. The molecule has 1 aromatic heterocycles. The molecule has 3 rings (SSSR count). The van der Waals surface area contributed by atoms with Crippen LogP contribution in [-0.4, -0.2) is 9.78 Å². The highest BCUT2D eigenvalue weighted by atomic mass is 15.3. The molecule has 0 aliphatic heterocycles. The highest BCUT2D eigenvalue weighted by molar-refractivity contribution is 5.82. The molecule has 0 saturated heterocycles. The third kappa shape index (κ3) is 2.39. The van der Waals surface area contributed by atoms with Gasteiger partial charge in [-0.05, 0) is 37.6 Å². The number of hydrogen-bond donors (Lipinski definition) is 1. The highest BCUT2D eigenvalue weighted by Crippen LogP contribution is 2.19. The Kier molecular flexibility index (Phi) is 3.42. The number of fused-ring (bicyclic) bond motifs is 1. The van der Waals surface area contributed by atoms with Crippen molar-refractivity contribution in [2.24, 2.45) is 0 Å². The van der Waals surface area contributed by atoms with Crippen LogP contribution >= 0.6 is 0 Å². The van der Waals surface area contributed by atoms with Crippen molar-refractivity contribution in [3.05, 3.63) is 59.8 Å². The van der Waals surface area contributed by atoms with Crippen molar-refractivity contribution in [1.29, 1.82) is 0 Å². The van der Waals surface area contributed by atoms with Gasteiger partial charge in [0.25, 0.3) is 0 Å². The molecule has 1 heterocycles. The zero-order valence-electron chi connectivity index (χ0n) is 11.9. The van der Waals surface area contributed by atoms with Crippen LogP contribution in [0.4, 0.5) is 5.69 Å². The number of nitrogens with zero attached hydrogens (tertiary/aromatic N) is 2. The Morgan fingerprint density at radius 1 is 1.10 bits per heavy atom. The zero-order chi connectivity index (χ0) is 13.9. The molecule has 102 valence electrons. The number of para-hydroxylation sites is 1. The number of hydrogen-bond acceptors (Lipinski definition) is 2. The van der Waals surface area contributed by atoms with Gasteiger partial charge >= 0.3 is 0 Å². The van der Waals surface area contributed by atoms with Crippen molar-refractivity contribution in [2.75, 3.05) is 5.32 Å². The average molecular weight is 265 g/mol. The molecule has 0 bridgehead atoms. The van der Waals surface area contributed by atoms with E-state index in [1.807, 2.05) is 0 Å². The lowest BCUT2D eigenvalue weighted by atomic mass is 10.2. The van der Waals surface area contributed by atoms with Gasteiger partial charge in [-0.2, -0.15) is 5.10 Å². The van der Waals surface area contributed by atoms with Crippen molar-refractivity contribution in [2.45, 2.75) is 26.9 Å². The first kappa shape index (κ1) is 12.7. The van der Waals surface area contributed by atoms with Crippen molar-refractivity contribution in [3.63, 3.8) is 0 Å². The standard InChI is InChI=1S/C17H19N3/c1-3-20-17-10-5-4-9-15(17)16(19-20)12-18-14-8-6-7-13(2)11-14/h4-11,18H,3,12H2,1-2H3. The second-order valence-electron chi connectivity index (χ2n) is 5.00. The van der Waals surface area contributed by atoms with Crippen molar-refractivity contribution in [1.82, 2.24) is 9.78 Å². The average Bonchev–Trinajstić information content (AvgIpc) is 2.83. The highest BCUT2D eigenvalue weighted by Gasteiger charge is 2.08. The van der Waals surface area contributed by atoms with Crippen LogP contribution in [0, 0.1) is 6.92 Å². The number of aryl methyl sites for hydroxylation is 2. The van der Waals surface area contributed by atoms with Crippen LogP contribution < -0.4 is 5.32 Å². The molecule has 3 heteroatoms. The van der Waals surface area contributed by atoms with Crippen LogP contribution in [0.15, 0.2) is 48.5 Å². The SMILES string of the molecule is CCn1nc(CNc2cccc(C)c2)c2ccccc21. The van der Waals surface area contributed by atoms with Gasteiger partial charge in [-0.25, -0.2) is 0 Å². The van der Waals surface area contributed by atoms with E-state index in [-0.39, 0.29) is 0 Å². The van der Waals surface area contributed by atoms with Gasteiger partial charge in [-0.15, -0.1) is 0 Å². The van der Waals surface area contributed by atoms with Gasteiger partial charge in [0.15, 0.2) is 0 Å². The Balaban J connectivity index is 1.88. The molecule has 0 radical (unpaired) electrons. The van der Waals surface area contributed by atoms with Crippen LogP contribution in [0.1, 0.15) is 18.2 Å². The van der Waals surface area contributed by atoms with E-state index in [0.717, 1.165) is 24.5 Å². The normalized spacial score (nSPS) is 10.9. The van der Waals surface area contributed by atoms with Crippen LogP contribution in [0.2, 0.25) is 0 Å². The molecule has 0 spiro atoms. The van der Waals surface area contributed by atoms with E-state index in [4.69, 9.17) is 5.10 Å². The molecule has 20 heavy (non-hydrogen) atoms. The van der Waals surface area contributed by atoms with Gasteiger partial charge < -0.3 is 5.32 Å². The Hall–Kier alpha value is -2.29. The Morgan fingerprint density at radius 3 is 2.75 bits per heavy atom. The summed E-state index contributed by atoms with van der Waals surface area (Å²) in [6.45, 7) is 5.87. The topological polar surface area (TPSA) is 29.9 Å². The monoisotopic (exact) mass is 265 g/mol. The maximum absolute atomic E-state index is 4.70. The summed E-state index contributed by atoms with van der Waals surface area (Å²) in [7, 11) is 0. The Bertz CT molecular complexity index is 728. The number of rotatable bonds is 4. The summed E-state index contributed by atoms with van der Waals surface area (Å²) in [5, 5.41) is 9.39. The second-order valence-corrected chi connectivity index (χ2v) is 5.00. The minimum absolute atomic E-state index is 0.747. The van der Waals surface area contributed by atoms with Crippen LogP contribution in [-0.2, 0) is 13.1 Å². The molecule has 3 aromatic rings. The maximum atomic E-state index is 4.70. The molecule has 0 aliphatic carbocycles. The molecular weight excluding hydrogens is 246 g/mol. The Morgan fingerprint density at radius 2 is 1.95 bits per heavy atom. The Labute approximate surface area is 119 Å². The lowest BCUT2D eigenvalue weighted by Gasteiger charge is -2.05. The molecule has 0 amide bonds. The molecule has 0 unspecified atom stereocenters. The number of nitrogens with one attached hydrogen (secondary N) is 1. The molecule has 0 fully saturated rings. The van der Waals surface area contributed by atoms with Crippen LogP contribution in [0.5, 0.6) is 0 Å². The molecule has 0 aliphatic rings. The van der Waals surface area contributed by atoms with Gasteiger partial charge in [0.2, 0.25) is 0 Å². The maximum Gasteiger partial charge on any atom is 0.0894 e. The minimum Gasteiger partial charge on any atom is -0.379 e. The quantitative estimate of drug-likeness (QED) is 0.773. The fraction of sp³-hybridized carbons (Fsp3) is 0.235. The van der Waals surface area contributed by atoms with E-state index in [2.05, 4.69) is 72.4 Å². The van der Waals surface area contributed by atoms with Gasteiger partial charge in [0.1, 0.15) is 0 Å². The number of aromatic nitrogens is 2. The molecule has 0 atom stereocenters. The van der Waals surface area contributed by atoms with E-state index in [9.17, 15) is 0 Å². The summed E-state index contributed by atoms with van der Waals surface area (Å²) in [4.78, 5) is 0. The van der Waals surface area contributed by atoms with Crippen molar-refractivity contribution < 1.29 is 0 Å². The second kappa shape index (κ2) is 5.37. The summed E-state index contributed by atoms with van der Waals surface area (Å²) in [6, 6.07) is 16.8. The van der Waals surface area contributed by atoms with Crippen molar-refractivity contribution in [3.8, 4) is 0 Å². The summed E-state index contributed by atoms with van der Waals surface area (Å²) in [6.07, 6.45) is 0. The number of benzene rings is 2. The van der Waals surface area contributed by atoms with E-state index >= 15 is 0 Å². The fourth-order valence-corrected chi connectivity index (χ4v) is 2.51. The van der Waals surface area contributed by atoms with Gasteiger partial charge in [-0.3, -0.25) is 4.68 Å². The number of anilines is 1. The van der Waals surface area contributed by atoms with Gasteiger partial charge in [0.05, 0.1) is 17.8 Å². The molecule has 0 saturated carbocycles. The summed E-state index contributed by atoms with van der Waals surface area (Å²) < 4.78 is 2.06. The molecule has 3 nitrogen and oxygen atoms in total. The first-order chi connectivity index (χ1) is 9.78. The summed E-state index contributed by atoms with van der Waals surface area (Å²) in [5.41, 5.74) is 4.71. The third-order valence-corrected chi connectivity index (χ3v) is 3.51. The van der Waals surface area contributed by atoms with Crippen LogP contribution in [0.25, 0.3) is 10.9 Å². The third-order valence-electron chi connectivity index (χ3n) is 3.51. The van der Waals surface area contributed by atoms with Gasteiger partial charge in [-0.1, -0.05) is 30.3 Å². The molecular formula is C17H19N3. The molecule has 1 N–H and O–H groups in total. The smallest absolute Gasteiger partial charge is 0.0894 e. The van der Waals surface area contributed by atoms with E-state index in [1.165, 1.54) is 16.5 Å². The lowest BCUT2D eigenvalue weighted by molar-refractivity contribution is 0.671. The van der Waals surface area contributed by atoms with Gasteiger partial charge in [0, 0.05) is 17.6 Å². The fourth-order valence-electron chi connectivity index (χ4n) is 2.51. The van der Waals surface area contributed by atoms with E-state index in [0.29, 0.717) is 0 Å². The minimum atomic E-state index is 0.747. The summed E-state index contributed by atoms with van der Waals surface area (Å²) >= 11 is 0. The lowest BCUT2D eigenvalue weighted by Crippen LogP contribution is -2.02. The van der Waals surface area contributed by atoms with E-state index in [1.54, 1.807) is 0 Å². The zero-order valence-corrected chi connectivity index (χ0v) is 11.9. The first-order valence-corrected chi connectivity index (χ1v) is 7.03. The van der Waals surface area contributed by atoms with E-state index < -0.39 is 0 Å².